The molecular formula is C50H34N4. The van der Waals surface area contributed by atoms with E-state index in [1.807, 2.05) is 24.3 Å². The second-order valence-electron chi connectivity index (χ2n) is 14.7. The lowest BCUT2D eigenvalue weighted by Crippen LogP contribution is -2.40. The van der Waals surface area contributed by atoms with Crippen LogP contribution in [0.1, 0.15) is 52.8 Å². The van der Waals surface area contributed by atoms with Gasteiger partial charge in [-0.25, -0.2) is 15.0 Å². The Hall–Kier alpha value is -6.96. The van der Waals surface area contributed by atoms with Gasteiger partial charge in [-0.2, -0.15) is 5.26 Å². The molecule has 0 bridgehead atoms. The van der Waals surface area contributed by atoms with Gasteiger partial charge in [-0.3, -0.25) is 0 Å². The van der Waals surface area contributed by atoms with E-state index in [1.165, 1.54) is 38.9 Å². The topological polar surface area (TPSA) is 62.5 Å². The number of rotatable bonds is 4. The van der Waals surface area contributed by atoms with Gasteiger partial charge in [-0.1, -0.05) is 172 Å². The molecule has 8 aromatic rings. The van der Waals surface area contributed by atoms with Gasteiger partial charge >= 0.3 is 0 Å². The van der Waals surface area contributed by atoms with Crippen molar-refractivity contribution in [1.82, 2.24) is 15.0 Å². The zero-order valence-corrected chi connectivity index (χ0v) is 30.0. The third-order valence-corrected chi connectivity index (χ3v) is 11.5. The highest BCUT2D eigenvalue weighted by atomic mass is 15.0. The van der Waals surface area contributed by atoms with Crippen molar-refractivity contribution in [2.45, 2.75) is 24.7 Å². The summed E-state index contributed by atoms with van der Waals surface area (Å²) in [4.78, 5) is 15.5. The Morgan fingerprint density at radius 2 is 0.889 bits per heavy atom. The molecule has 4 heteroatoms. The van der Waals surface area contributed by atoms with E-state index in [-0.39, 0.29) is 5.41 Å². The molecule has 2 aliphatic carbocycles. The summed E-state index contributed by atoms with van der Waals surface area (Å²) in [5, 5.41) is 9.78. The number of aromatic nitrogens is 3. The molecule has 0 radical (unpaired) electrons. The van der Waals surface area contributed by atoms with E-state index >= 15 is 0 Å². The summed E-state index contributed by atoms with van der Waals surface area (Å²) in [6, 6.07) is 61.9. The van der Waals surface area contributed by atoms with Gasteiger partial charge in [0.05, 0.1) is 17.0 Å². The average molecular weight is 691 g/mol. The molecule has 2 aliphatic rings. The molecule has 0 atom stereocenters. The van der Waals surface area contributed by atoms with Crippen molar-refractivity contribution in [3.8, 4) is 62.5 Å². The molecule has 0 unspecified atom stereocenters. The maximum atomic E-state index is 9.78. The molecule has 0 saturated carbocycles. The third kappa shape index (κ3) is 4.58. The Morgan fingerprint density at radius 3 is 1.57 bits per heavy atom. The maximum absolute atomic E-state index is 9.78. The molecule has 0 fully saturated rings. The molecule has 4 nitrogen and oxygen atoms in total. The van der Waals surface area contributed by atoms with Crippen LogP contribution in [0.5, 0.6) is 0 Å². The highest BCUT2D eigenvalue weighted by Crippen LogP contribution is 2.63. The number of fused-ring (bicyclic) bond motifs is 9. The average Bonchev–Trinajstić information content (AvgIpc) is 3.54. The van der Waals surface area contributed by atoms with Crippen molar-refractivity contribution in [2.24, 2.45) is 0 Å². The van der Waals surface area contributed by atoms with E-state index in [0.29, 0.717) is 23.0 Å². The molecule has 10 rings (SSSR count). The molecule has 0 N–H and O–H groups in total. The monoisotopic (exact) mass is 690 g/mol. The quantitative estimate of drug-likeness (QED) is 0.184. The largest absolute Gasteiger partial charge is 0.208 e. The predicted octanol–water partition coefficient (Wildman–Crippen LogP) is 11.4. The second kappa shape index (κ2) is 12.0. The Bertz CT molecular complexity index is 2760. The lowest BCUT2D eigenvalue weighted by atomic mass is 9.55. The first kappa shape index (κ1) is 31.7. The molecule has 1 heterocycles. The lowest BCUT2D eigenvalue weighted by molar-refractivity contribution is 0.563. The van der Waals surface area contributed by atoms with Crippen LogP contribution in [0.25, 0.3) is 56.4 Å². The first-order valence-corrected chi connectivity index (χ1v) is 18.3. The Balaban J connectivity index is 1.24. The van der Waals surface area contributed by atoms with Crippen LogP contribution in [-0.2, 0) is 10.8 Å². The molecular weight excluding hydrogens is 657 g/mol. The first-order chi connectivity index (χ1) is 26.5. The van der Waals surface area contributed by atoms with Gasteiger partial charge < -0.3 is 0 Å². The van der Waals surface area contributed by atoms with Gasteiger partial charge in [0, 0.05) is 22.1 Å². The van der Waals surface area contributed by atoms with Crippen LogP contribution in [-0.4, -0.2) is 15.0 Å². The molecule has 0 aliphatic heterocycles. The number of nitrogens with zero attached hydrogens (tertiary/aromatic N) is 4. The standard InChI is InChI=1S/C50H34N4/c1-49(2)40-21-8-10-23-42(40)50(43-24-11-9-22-41(43)49)39-20-7-6-18-37(39)45-38(19-13-25-44(45)50)48-53-46(52-47(54-48)36-17-12-14-32(30-36)31-51)35-28-26-34(27-29-35)33-15-4-3-5-16-33/h3-30H,1-2H3. The van der Waals surface area contributed by atoms with Crippen molar-refractivity contribution in [2.75, 3.05) is 0 Å². The summed E-state index contributed by atoms with van der Waals surface area (Å²) in [6.07, 6.45) is 0. The molecule has 0 amide bonds. The number of hydrogen-bond donors (Lipinski definition) is 0. The molecule has 254 valence electrons. The Morgan fingerprint density at radius 1 is 0.407 bits per heavy atom. The Kier molecular flexibility index (Phi) is 7.08. The third-order valence-electron chi connectivity index (χ3n) is 11.5. The maximum Gasteiger partial charge on any atom is 0.164 e. The van der Waals surface area contributed by atoms with Crippen molar-refractivity contribution in [3.63, 3.8) is 0 Å². The van der Waals surface area contributed by atoms with E-state index in [9.17, 15) is 5.26 Å². The zero-order valence-electron chi connectivity index (χ0n) is 30.0. The van der Waals surface area contributed by atoms with Gasteiger partial charge in [-0.15, -0.1) is 0 Å². The van der Waals surface area contributed by atoms with Crippen LogP contribution in [0.4, 0.5) is 0 Å². The van der Waals surface area contributed by atoms with E-state index in [4.69, 9.17) is 15.0 Å². The van der Waals surface area contributed by atoms with Gasteiger partial charge in [0.25, 0.3) is 0 Å². The minimum Gasteiger partial charge on any atom is -0.208 e. The summed E-state index contributed by atoms with van der Waals surface area (Å²) in [7, 11) is 0. The van der Waals surface area contributed by atoms with Crippen LogP contribution in [0.15, 0.2) is 170 Å². The minimum absolute atomic E-state index is 0.181. The van der Waals surface area contributed by atoms with Crippen LogP contribution in [0.3, 0.4) is 0 Å². The lowest BCUT2D eigenvalue weighted by Gasteiger charge is -2.46. The zero-order chi connectivity index (χ0) is 36.4. The minimum atomic E-state index is -0.530. The van der Waals surface area contributed by atoms with Crippen LogP contribution < -0.4 is 0 Å². The van der Waals surface area contributed by atoms with E-state index < -0.39 is 5.41 Å². The van der Waals surface area contributed by atoms with Crippen LogP contribution in [0.2, 0.25) is 0 Å². The highest BCUT2D eigenvalue weighted by molar-refractivity contribution is 5.95. The summed E-state index contributed by atoms with van der Waals surface area (Å²) in [6.45, 7) is 4.69. The van der Waals surface area contributed by atoms with E-state index in [2.05, 4.69) is 159 Å². The number of benzene rings is 7. The highest BCUT2D eigenvalue weighted by Gasteiger charge is 2.53. The first-order valence-electron chi connectivity index (χ1n) is 18.3. The summed E-state index contributed by atoms with van der Waals surface area (Å²) in [5.74, 6) is 1.68. The normalized spacial score (nSPS) is 14.0. The Labute approximate surface area is 315 Å². The van der Waals surface area contributed by atoms with Crippen molar-refractivity contribution < 1.29 is 0 Å². The fraction of sp³-hybridized carbons (Fsp3) is 0.0800. The SMILES string of the molecule is CC1(C)c2ccccc2C2(c3ccccc3-c3c(-c4nc(-c5ccc(-c6ccccc6)cc5)nc(-c5cccc(C#N)c5)n4)cccc32)c2ccccc21. The molecule has 0 saturated heterocycles. The number of nitriles is 1. The van der Waals surface area contributed by atoms with Crippen LogP contribution >= 0.6 is 0 Å². The second-order valence-corrected chi connectivity index (χ2v) is 14.7. The van der Waals surface area contributed by atoms with E-state index in [1.54, 1.807) is 6.07 Å². The summed E-state index contributed by atoms with van der Waals surface area (Å²) in [5.41, 5.74) is 14.8. The van der Waals surface area contributed by atoms with Gasteiger partial charge in [0.2, 0.25) is 0 Å². The number of hydrogen-bond acceptors (Lipinski definition) is 4. The van der Waals surface area contributed by atoms with E-state index in [0.717, 1.165) is 33.4 Å². The fourth-order valence-corrected chi connectivity index (χ4v) is 9.02. The predicted molar refractivity (Wildman–Crippen MR) is 216 cm³/mol. The van der Waals surface area contributed by atoms with Crippen molar-refractivity contribution in [1.29, 1.82) is 5.26 Å². The molecule has 54 heavy (non-hydrogen) atoms. The molecule has 1 spiro atoms. The van der Waals surface area contributed by atoms with Crippen molar-refractivity contribution in [3.05, 3.63) is 209 Å². The smallest absolute Gasteiger partial charge is 0.164 e. The summed E-state index contributed by atoms with van der Waals surface area (Å²) < 4.78 is 0. The van der Waals surface area contributed by atoms with Crippen molar-refractivity contribution >= 4 is 0 Å². The summed E-state index contributed by atoms with van der Waals surface area (Å²) >= 11 is 0. The van der Waals surface area contributed by atoms with Gasteiger partial charge in [0.1, 0.15) is 0 Å². The molecule has 7 aromatic carbocycles. The van der Waals surface area contributed by atoms with Gasteiger partial charge in [0.15, 0.2) is 17.5 Å². The fourth-order valence-electron chi connectivity index (χ4n) is 9.02. The van der Waals surface area contributed by atoms with Crippen LogP contribution in [0, 0.1) is 11.3 Å². The van der Waals surface area contributed by atoms with Gasteiger partial charge in [-0.05, 0) is 67.8 Å². The molecule has 1 aromatic heterocycles.